The van der Waals surface area contributed by atoms with Crippen LogP contribution in [0, 0.1) is 0 Å². The maximum absolute atomic E-state index is 10.7. The van der Waals surface area contributed by atoms with Crippen molar-refractivity contribution < 1.29 is 19.1 Å². The molecule has 0 radical (unpaired) electrons. The van der Waals surface area contributed by atoms with Gasteiger partial charge in [0.2, 0.25) is 5.76 Å². The minimum atomic E-state index is -0.389. The van der Waals surface area contributed by atoms with Gasteiger partial charge < -0.3 is 9.47 Å². The lowest BCUT2D eigenvalue weighted by molar-refractivity contribution is -0.137. The van der Waals surface area contributed by atoms with Crippen molar-refractivity contribution in [1.29, 1.82) is 0 Å². The van der Waals surface area contributed by atoms with Crippen LogP contribution >= 0.6 is 0 Å². The van der Waals surface area contributed by atoms with Crippen LogP contribution in [0.5, 0.6) is 0 Å². The molecule has 0 aromatic carbocycles. The number of rotatable bonds is 10. The SMILES string of the molecule is C=CC(=O)OCCCCCCOC(=C=O)C=C. The van der Waals surface area contributed by atoms with Gasteiger partial charge in [0.1, 0.15) is 0 Å². The maximum Gasteiger partial charge on any atom is 0.330 e. The molecule has 4 heteroatoms. The predicted octanol–water partition coefficient (Wildman–Crippen LogP) is 2.19. The largest absolute Gasteiger partial charge is 0.483 e. The number of carbonyl (C=O) groups is 1. The van der Waals surface area contributed by atoms with E-state index in [1.54, 1.807) is 5.94 Å². The highest BCUT2D eigenvalue weighted by atomic mass is 16.5. The van der Waals surface area contributed by atoms with Crippen LogP contribution in [0.25, 0.3) is 0 Å². The van der Waals surface area contributed by atoms with E-state index in [9.17, 15) is 9.59 Å². The molecule has 17 heavy (non-hydrogen) atoms. The van der Waals surface area contributed by atoms with Crippen molar-refractivity contribution >= 4 is 11.9 Å². The van der Waals surface area contributed by atoms with Crippen molar-refractivity contribution in [2.75, 3.05) is 13.2 Å². The van der Waals surface area contributed by atoms with E-state index in [2.05, 4.69) is 13.2 Å². The Hall–Kier alpha value is -1.80. The Morgan fingerprint density at radius 2 is 1.59 bits per heavy atom. The van der Waals surface area contributed by atoms with Crippen LogP contribution in [0.3, 0.4) is 0 Å². The lowest BCUT2D eigenvalue weighted by Gasteiger charge is -2.04. The molecule has 4 nitrogen and oxygen atoms in total. The molecule has 0 aliphatic carbocycles. The molecule has 0 saturated heterocycles. The molecule has 0 aliphatic rings. The number of unbranched alkanes of at least 4 members (excludes halogenated alkanes) is 3. The second-order valence-corrected chi connectivity index (χ2v) is 3.30. The summed E-state index contributed by atoms with van der Waals surface area (Å²) in [6.45, 7) is 7.60. The summed E-state index contributed by atoms with van der Waals surface area (Å²) in [7, 11) is 0. The molecule has 0 aromatic heterocycles. The third-order valence-corrected chi connectivity index (χ3v) is 1.99. The third kappa shape index (κ3) is 9.15. The minimum Gasteiger partial charge on any atom is -0.483 e. The minimum absolute atomic E-state index is 0.143. The lowest BCUT2D eigenvalue weighted by atomic mass is 10.2. The number of esters is 1. The molecule has 0 bridgehead atoms. The zero-order valence-corrected chi connectivity index (χ0v) is 9.94. The quantitative estimate of drug-likeness (QED) is 0.146. The van der Waals surface area contributed by atoms with E-state index in [4.69, 9.17) is 9.47 Å². The first-order valence-electron chi connectivity index (χ1n) is 5.54. The molecule has 0 atom stereocenters. The van der Waals surface area contributed by atoms with Crippen molar-refractivity contribution in [1.82, 2.24) is 0 Å². The molecule has 0 saturated carbocycles. The van der Waals surface area contributed by atoms with Crippen LogP contribution in [0.1, 0.15) is 25.7 Å². The summed E-state index contributed by atoms with van der Waals surface area (Å²) in [5.74, 6) is 1.40. The van der Waals surface area contributed by atoms with E-state index < -0.39 is 0 Å². The molecule has 0 rings (SSSR count). The number of hydrogen-bond donors (Lipinski definition) is 0. The normalized spacial score (nSPS) is 8.94. The van der Waals surface area contributed by atoms with E-state index in [1.165, 1.54) is 6.08 Å². The van der Waals surface area contributed by atoms with Crippen LogP contribution in [-0.4, -0.2) is 25.1 Å². The van der Waals surface area contributed by atoms with Gasteiger partial charge in [-0.1, -0.05) is 13.2 Å². The van der Waals surface area contributed by atoms with Gasteiger partial charge in [0, 0.05) is 6.08 Å². The average molecular weight is 238 g/mol. The monoisotopic (exact) mass is 238 g/mol. The zero-order chi connectivity index (χ0) is 12.9. The van der Waals surface area contributed by atoms with Gasteiger partial charge in [-0.15, -0.1) is 0 Å². The van der Waals surface area contributed by atoms with E-state index >= 15 is 0 Å². The highest BCUT2D eigenvalue weighted by Gasteiger charge is 1.96. The summed E-state index contributed by atoms with van der Waals surface area (Å²) < 4.78 is 9.89. The number of ether oxygens (including phenoxy) is 2. The molecular formula is C13H18O4. The average Bonchev–Trinajstić information content (AvgIpc) is 2.36. The van der Waals surface area contributed by atoms with E-state index in [1.807, 2.05) is 0 Å². The smallest absolute Gasteiger partial charge is 0.330 e. The molecule has 0 unspecified atom stereocenters. The van der Waals surface area contributed by atoms with Gasteiger partial charge in [-0.2, -0.15) is 0 Å². The van der Waals surface area contributed by atoms with Crippen molar-refractivity contribution in [3.05, 3.63) is 31.1 Å². The second-order valence-electron chi connectivity index (χ2n) is 3.30. The number of hydrogen-bond acceptors (Lipinski definition) is 4. The van der Waals surface area contributed by atoms with Crippen LogP contribution < -0.4 is 0 Å². The summed E-state index contributed by atoms with van der Waals surface area (Å²) in [6, 6.07) is 0. The molecule has 0 aliphatic heterocycles. The summed E-state index contributed by atoms with van der Waals surface area (Å²) in [5.41, 5.74) is 0. The Labute approximate surface area is 102 Å². The first-order valence-corrected chi connectivity index (χ1v) is 5.54. The molecule has 94 valence electrons. The summed E-state index contributed by atoms with van der Waals surface area (Å²) in [4.78, 5) is 20.9. The Morgan fingerprint density at radius 1 is 1.00 bits per heavy atom. The summed E-state index contributed by atoms with van der Waals surface area (Å²) in [6.07, 6.45) is 6.04. The topological polar surface area (TPSA) is 52.6 Å². The van der Waals surface area contributed by atoms with Gasteiger partial charge in [0.25, 0.3) is 0 Å². The highest BCUT2D eigenvalue weighted by Crippen LogP contribution is 2.02. The van der Waals surface area contributed by atoms with Gasteiger partial charge in [-0.25, -0.2) is 9.59 Å². The van der Waals surface area contributed by atoms with Crippen LogP contribution in [0.15, 0.2) is 31.1 Å². The van der Waals surface area contributed by atoms with E-state index in [-0.39, 0.29) is 11.7 Å². The lowest BCUT2D eigenvalue weighted by Crippen LogP contribution is -2.01. The Balaban J connectivity index is 3.30. The van der Waals surface area contributed by atoms with Crippen molar-refractivity contribution in [3.8, 4) is 0 Å². The first-order chi connectivity index (χ1) is 8.24. The van der Waals surface area contributed by atoms with Crippen molar-refractivity contribution in [2.24, 2.45) is 0 Å². The third-order valence-electron chi connectivity index (χ3n) is 1.99. The van der Waals surface area contributed by atoms with E-state index in [0.29, 0.717) is 13.2 Å². The Morgan fingerprint density at radius 3 is 2.06 bits per heavy atom. The molecule has 0 heterocycles. The van der Waals surface area contributed by atoms with Crippen molar-refractivity contribution in [2.45, 2.75) is 25.7 Å². The van der Waals surface area contributed by atoms with Gasteiger partial charge in [-0.3, -0.25) is 0 Å². The predicted molar refractivity (Wildman–Crippen MR) is 65.0 cm³/mol. The standard InChI is InChI=1S/C13H18O4/c1-3-12(11-14)16-9-7-5-6-8-10-17-13(15)4-2/h3-4H,1-2,5-10H2. The highest BCUT2D eigenvalue weighted by molar-refractivity contribution is 5.81. The van der Waals surface area contributed by atoms with Crippen LogP contribution in [-0.2, 0) is 19.1 Å². The van der Waals surface area contributed by atoms with Gasteiger partial charge in [0.15, 0.2) is 5.94 Å². The van der Waals surface area contributed by atoms with Gasteiger partial charge in [0.05, 0.1) is 13.2 Å². The molecular weight excluding hydrogens is 220 g/mol. The number of carbonyl (C=O) groups excluding carboxylic acids is 2. The van der Waals surface area contributed by atoms with E-state index in [0.717, 1.165) is 31.8 Å². The first kappa shape index (κ1) is 15.2. The zero-order valence-electron chi connectivity index (χ0n) is 9.94. The maximum atomic E-state index is 10.7. The number of allylic oxidation sites excluding steroid dienone is 1. The Kier molecular flexibility index (Phi) is 9.58. The summed E-state index contributed by atoms with van der Waals surface area (Å²) in [5, 5.41) is 0. The fourth-order valence-corrected chi connectivity index (χ4v) is 1.10. The molecule has 0 fully saturated rings. The molecule has 0 aromatic rings. The Bertz CT molecular complexity index is 301. The van der Waals surface area contributed by atoms with Crippen LogP contribution in [0.2, 0.25) is 0 Å². The molecule has 0 amide bonds. The summed E-state index contributed by atoms with van der Waals surface area (Å²) >= 11 is 0. The fraction of sp³-hybridized carbons (Fsp3) is 0.462. The van der Waals surface area contributed by atoms with Crippen LogP contribution in [0.4, 0.5) is 0 Å². The fourth-order valence-electron chi connectivity index (χ4n) is 1.10. The van der Waals surface area contributed by atoms with Gasteiger partial charge in [-0.05, 0) is 31.8 Å². The van der Waals surface area contributed by atoms with Gasteiger partial charge >= 0.3 is 5.97 Å². The molecule has 0 N–H and O–H groups in total. The molecule has 0 spiro atoms. The van der Waals surface area contributed by atoms with Crippen molar-refractivity contribution in [3.63, 3.8) is 0 Å². The second kappa shape index (κ2) is 10.7.